The van der Waals surface area contributed by atoms with Crippen LogP contribution in [0.2, 0.25) is 0 Å². The number of benzene rings is 15. The van der Waals surface area contributed by atoms with E-state index in [1.54, 1.807) is 0 Å². The van der Waals surface area contributed by atoms with Crippen LogP contribution in [0, 0.1) is 0 Å². The minimum atomic E-state index is 0.843. The Morgan fingerprint density at radius 2 is 0.568 bits per heavy atom. The monoisotopic (exact) mass is 1210 g/mol. The second-order valence-electron chi connectivity index (χ2n) is 25.1. The molecule has 15 aromatic carbocycles. The van der Waals surface area contributed by atoms with Crippen LogP contribution in [0.15, 0.2) is 334 Å². The van der Waals surface area contributed by atoms with Crippen LogP contribution in [0.1, 0.15) is 0 Å². The van der Waals surface area contributed by atoms with Gasteiger partial charge in [-0.05, 0) is 208 Å². The lowest BCUT2D eigenvalue weighted by Crippen LogP contribution is -2.12. The minimum absolute atomic E-state index is 0.843. The average Bonchev–Trinajstić information content (AvgIpc) is 1.61. The third kappa shape index (κ3) is 8.10. The van der Waals surface area contributed by atoms with Crippen LogP contribution in [0.5, 0.6) is 0 Å². The second kappa shape index (κ2) is 20.9. The first-order valence-electron chi connectivity index (χ1n) is 32.6. The highest BCUT2D eigenvalue weighted by Gasteiger charge is 2.30. The van der Waals surface area contributed by atoms with Crippen molar-refractivity contribution in [3.8, 4) is 89.0 Å². The predicted molar refractivity (Wildman–Crippen MR) is 398 cm³/mol. The van der Waals surface area contributed by atoms with Crippen molar-refractivity contribution in [2.45, 2.75) is 0 Å². The Morgan fingerprint density at radius 1 is 0.200 bits per heavy atom. The van der Waals surface area contributed by atoms with Gasteiger partial charge in [0.05, 0.1) is 34.5 Å². The molecule has 0 N–H and O–H groups in total. The number of hydrogen-bond acceptors (Lipinski definition) is 5. The van der Waals surface area contributed by atoms with Gasteiger partial charge in [-0.25, -0.2) is 4.98 Å². The van der Waals surface area contributed by atoms with E-state index in [0.717, 1.165) is 101 Å². The molecule has 0 bridgehead atoms. The maximum atomic E-state index is 5.34. The molecule has 5 nitrogen and oxygen atoms in total. The van der Waals surface area contributed by atoms with Crippen LogP contribution in [0.25, 0.3) is 143 Å². The van der Waals surface area contributed by atoms with Crippen molar-refractivity contribution < 1.29 is 0 Å². The summed E-state index contributed by atoms with van der Waals surface area (Å²) in [6.07, 6.45) is 4.09. The molecule has 0 amide bonds. The molecule has 0 fully saturated rings. The summed E-state index contributed by atoms with van der Waals surface area (Å²) in [6.45, 7) is 0. The van der Waals surface area contributed by atoms with Crippen molar-refractivity contribution in [1.29, 1.82) is 0 Å². The van der Waals surface area contributed by atoms with E-state index in [0.29, 0.717) is 0 Å². The molecule has 0 unspecified atom stereocenters. The molecule has 5 heteroatoms. The van der Waals surface area contributed by atoms with Gasteiger partial charge in [-0.1, -0.05) is 224 Å². The minimum Gasteiger partial charge on any atom is -0.310 e. The number of fused-ring (bicyclic) bond motifs is 11. The second-order valence-corrected chi connectivity index (χ2v) is 25.1. The standard InChI is InChI=1S/C90H55N5/c1-5-21-59(22-6-1)93(60-23-7-2-8-24-60)84-47-45-74-68-42-40-56(50-80(68)71-34-17-37-76(84)89(71)74)64-31-15-20-58-54-92-87(53-79(58)64)95(62-27-11-4-12-28-62)86-49-46-75-69-43-41-57(51-81(69)72-35-18-38-78(86)90(72)75)65-32-19-39-83-82(65)52-63(55-91-83)94(61-25-9-3-10-26-61)85-48-44-73-67-30-14-13-29-66(67)70-33-16-36-77(85)88(70)73/h1-55H. The third-order valence-electron chi connectivity index (χ3n) is 20.1. The van der Waals surface area contributed by atoms with Crippen molar-refractivity contribution in [3.63, 3.8) is 0 Å². The van der Waals surface area contributed by atoms with Gasteiger partial charge in [0.15, 0.2) is 0 Å². The molecule has 17 aromatic rings. The van der Waals surface area contributed by atoms with Gasteiger partial charge in [0.2, 0.25) is 0 Å². The van der Waals surface area contributed by atoms with Gasteiger partial charge in [0.1, 0.15) is 5.82 Å². The first-order valence-corrected chi connectivity index (χ1v) is 32.6. The lowest BCUT2D eigenvalue weighted by Gasteiger charge is -2.27. The summed E-state index contributed by atoms with van der Waals surface area (Å²) < 4.78 is 0. The molecule has 20 rings (SSSR count). The zero-order valence-electron chi connectivity index (χ0n) is 51.5. The van der Waals surface area contributed by atoms with E-state index in [1.807, 2.05) is 6.20 Å². The average molecular weight is 1210 g/mol. The van der Waals surface area contributed by atoms with Crippen LogP contribution in [-0.2, 0) is 0 Å². The quantitative estimate of drug-likeness (QED) is 0.129. The fourth-order valence-corrected chi connectivity index (χ4v) is 16.0. The van der Waals surface area contributed by atoms with Crippen LogP contribution in [-0.4, -0.2) is 9.97 Å². The highest BCUT2D eigenvalue weighted by molar-refractivity contribution is 6.23. The molecule has 3 aliphatic carbocycles. The molecular weight excluding hydrogens is 1150 g/mol. The van der Waals surface area contributed by atoms with Crippen LogP contribution >= 0.6 is 0 Å². The maximum absolute atomic E-state index is 5.34. The number of aromatic nitrogens is 2. The van der Waals surface area contributed by atoms with Crippen LogP contribution in [0.4, 0.5) is 51.3 Å². The van der Waals surface area contributed by atoms with Gasteiger partial charge in [0, 0.05) is 55.9 Å². The molecule has 3 aliphatic rings. The summed E-state index contributed by atoms with van der Waals surface area (Å²) >= 11 is 0. The van der Waals surface area contributed by atoms with E-state index in [4.69, 9.17) is 9.97 Å². The van der Waals surface area contributed by atoms with Crippen molar-refractivity contribution in [1.82, 2.24) is 9.97 Å². The van der Waals surface area contributed by atoms with Crippen LogP contribution < -0.4 is 14.7 Å². The zero-order valence-corrected chi connectivity index (χ0v) is 51.5. The number of anilines is 9. The van der Waals surface area contributed by atoms with Gasteiger partial charge in [0.25, 0.3) is 0 Å². The summed E-state index contributed by atoms with van der Waals surface area (Å²) in [7, 11) is 0. The number of nitrogens with zero attached hydrogens (tertiary/aromatic N) is 5. The molecule has 0 aliphatic heterocycles. The zero-order chi connectivity index (χ0) is 62.2. The van der Waals surface area contributed by atoms with Crippen molar-refractivity contribution in [2.75, 3.05) is 14.7 Å². The van der Waals surface area contributed by atoms with Gasteiger partial charge in [-0.2, -0.15) is 0 Å². The highest BCUT2D eigenvalue weighted by Crippen LogP contribution is 2.56. The Kier molecular flexibility index (Phi) is 11.7. The van der Waals surface area contributed by atoms with E-state index < -0.39 is 0 Å². The molecule has 2 aromatic heterocycles. The SMILES string of the molecule is c1ccc(N(c2cnc3cccc(-c4ccc5c(c4)-c4cccc6c(N(c7ccccc7)c7cc8c(-c9ccc%10c(c9)-c9cccc%11c(N(c%12ccccc%12)c%12ccccc%12)ccc-%10c9%11)cccc8cn7)ccc-5c46)c3c2)c2ccc3c4c(cccc24)-c2ccccc2-3)cc1. The summed E-state index contributed by atoms with van der Waals surface area (Å²) in [5.41, 5.74) is 29.3. The predicted octanol–water partition coefficient (Wildman–Crippen LogP) is 24.9. The van der Waals surface area contributed by atoms with Crippen molar-refractivity contribution in [3.05, 3.63) is 334 Å². The molecule has 440 valence electrons. The van der Waals surface area contributed by atoms with E-state index in [1.165, 1.54) is 93.7 Å². The number of para-hydroxylation sites is 4. The van der Waals surface area contributed by atoms with E-state index in [2.05, 4.69) is 342 Å². The molecular formula is C90H55N5. The maximum Gasteiger partial charge on any atom is 0.138 e. The molecule has 0 radical (unpaired) electrons. The lowest BCUT2D eigenvalue weighted by molar-refractivity contribution is 1.20. The van der Waals surface area contributed by atoms with Gasteiger partial charge in [-0.15, -0.1) is 0 Å². The smallest absolute Gasteiger partial charge is 0.138 e. The van der Waals surface area contributed by atoms with E-state index >= 15 is 0 Å². The Bertz CT molecular complexity index is 5980. The Balaban J connectivity index is 0.676. The summed E-state index contributed by atoms with van der Waals surface area (Å²) in [6, 6.07) is 118. The Morgan fingerprint density at radius 3 is 1.07 bits per heavy atom. The summed E-state index contributed by atoms with van der Waals surface area (Å²) in [5.74, 6) is 0.843. The van der Waals surface area contributed by atoms with Gasteiger partial charge in [-0.3, -0.25) is 9.88 Å². The molecule has 2 heterocycles. The summed E-state index contributed by atoms with van der Waals surface area (Å²) in [4.78, 5) is 17.7. The molecule has 95 heavy (non-hydrogen) atoms. The fourth-order valence-electron chi connectivity index (χ4n) is 16.0. The first kappa shape index (κ1) is 53.0. The molecule has 0 saturated carbocycles. The number of rotatable bonds is 11. The first-order chi connectivity index (χ1) is 47.1. The third-order valence-corrected chi connectivity index (χ3v) is 20.1. The van der Waals surface area contributed by atoms with E-state index in [9.17, 15) is 0 Å². The van der Waals surface area contributed by atoms with Gasteiger partial charge < -0.3 is 9.80 Å². The Labute approximate surface area is 549 Å². The van der Waals surface area contributed by atoms with Crippen LogP contribution in [0.3, 0.4) is 0 Å². The topological polar surface area (TPSA) is 35.5 Å². The molecule has 0 saturated heterocycles. The highest BCUT2D eigenvalue weighted by atomic mass is 15.2. The number of hydrogen-bond donors (Lipinski definition) is 0. The van der Waals surface area contributed by atoms with Gasteiger partial charge >= 0.3 is 0 Å². The molecule has 0 atom stereocenters. The fraction of sp³-hybridized carbons (Fsp3) is 0. The molecule has 0 spiro atoms. The number of pyridine rings is 2. The van der Waals surface area contributed by atoms with Crippen molar-refractivity contribution in [2.24, 2.45) is 0 Å². The normalized spacial score (nSPS) is 12.0. The Hall–Kier alpha value is -12.7. The van der Waals surface area contributed by atoms with Crippen molar-refractivity contribution >= 4 is 105 Å². The largest absolute Gasteiger partial charge is 0.310 e. The van der Waals surface area contributed by atoms with E-state index in [-0.39, 0.29) is 0 Å². The lowest BCUT2D eigenvalue weighted by atomic mass is 9.94. The summed E-state index contributed by atoms with van der Waals surface area (Å²) in [5, 5.41) is 10.7.